The molecule has 0 saturated carbocycles. The van der Waals surface area contributed by atoms with Crippen molar-refractivity contribution in [2.75, 3.05) is 0 Å². The fraction of sp³-hybridized carbons (Fsp3) is 0.455. The van der Waals surface area contributed by atoms with Crippen LogP contribution in [0.15, 0.2) is 30.3 Å². The van der Waals surface area contributed by atoms with Crippen LogP contribution in [0.3, 0.4) is 0 Å². The predicted octanol–water partition coefficient (Wildman–Crippen LogP) is 4.96. The van der Waals surface area contributed by atoms with E-state index >= 15 is 0 Å². The third kappa shape index (κ3) is 3.74. The van der Waals surface area contributed by atoms with Crippen molar-refractivity contribution < 1.29 is 0 Å². The second kappa shape index (κ2) is 6.50. The third-order valence-corrected chi connectivity index (χ3v) is 4.18. The highest BCUT2D eigenvalue weighted by atomic mass is 79.9. The van der Waals surface area contributed by atoms with Gasteiger partial charge in [-0.2, -0.15) is 0 Å². The summed E-state index contributed by atoms with van der Waals surface area (Å²) in [5.41, 5.74) is 1.43. The molecular weight excluding hydrogens is 244 g/mol. The van der Waals surface area contributed by atoms with Gasteiger partial charge in [-0.3, -0.25) is 0 Å². The molecule has 0 spiro atoms. The molecular formula is C11H15BrS. The van der Waals surface area contributed by atoms with Crippen LogP contribution >= 0.6 is 25.0 Å². The van der Waals surface area contributed by atoms with Crippen molar-refractivity contribution in [3.8, 4) is 0 Å². The summed E-state index contributed by atoms with van der Waals surface area (Å²) in [7, 11) is 1.78. The van der Waals surface area contributed by atoms with E-state index in [-0.39, 0.29) is 0 Å². The molecule has 0 aliphatic rings. The molecule has 0 aliphatic heterocycles. The Kier molecular flexibility index (Phi) is 5.56. The highest BCUT2D eigenvalue weighted by Crippen LogP contribution is 2.37. The Balaban J connectivity index is 2.56. The molecule has 1 rings (SSSR count). The first kappa shape index (κ1) is 11.1. The summed E-state index contributed by atoms with van der Waals surface area (Å²) < 4.78 is 0. The largest absolute Gasteiger partial charge is 0.0753 e. The van der Waals surface area contributed by atoms with E-state index in [0.29, 0.717) is 5.25 Å². The first-order chi connectivity index (χ1) is 6.38. The second-order valence-corrected chi connectivity index (χ2v) is 5.00. The molecule has 0 radical (unpaired) electrons. The quantitative estimate of drug-likeness (QED) is 0.720. The van der Waals surface area contributed by atoms with Gasteiger partial charge in [-0.1, -0.05) is 60.3 Å². The molecule has 2 heteroatoms. The Bertz CT molecular complexity index is 223. The van der Waals surface area contributed by atoms with Crippen molar-refractivity contribution in [1.82, 2.24) is 0 Å². The highest BCUT2D eigenvalue weighted by Gasteiger charge is 2.08. The Morgan fingerprint density at radius 1 is 1.31 bits per heavy atom. The lowest BCUT2D eigenvalue weighted by molar-refractivity contribution is 0.709. The molecule has 1 atom stereocenters. The maximum Gasteiger partial charge on any atom is 0.0406 e. The van der Waals surface area contributed by atoms with E-state index in [1.807, 2.05) is 0 Å². The molecule has 1 unspecified atom stereocenters. The lowest BCUT2D eigenvalue weighted by atomic mass is 10.1. The summed E-state index contributed by atoms with van der Waals surface area (Å²) in [6.45, 7) is 2.24. The van der Waals surface area contributed by atoms with Crippen LogP contribution < -0.4 is 0 Å². The van der Waals surface area contributed by atoms with Crippen LogP contribution in [-0.4, -0.2) is 0 Å². The lowest BCUT2D eigenvalue weighted by Gasteiger charge is -2.12. The molecule has 0 bridgehead atoms. The summed E-state index contributed by atoms with van der Waals surface area (Å²) in [6, 6.07) is 10.7. The predicted molar refractivity (Wildman–Crippen MR) is 65.2 cm³/mol. The molecule has 72 valence electrons. The Morgan fingerprint density at radius 2 is 2.00 bits per heavy atom. The van der Waals surface area contributed by atoms with Crippen molar-refractivity contribution in [3.05, 3.63) is 35.9 Å². The summed E-state index contributed by atoms with van der Waals surface area (Å²) in [6.07, 6.45) is 3.84. The van der Waals surface area contributed by atoms with Crippen LogP contribution in [0.25, 0.3) is 0 Å². The van der Waals surface area contributed by atoms with E-state index < -0.39 is 0 Å². The van der Waals surface area contributed by atoms with E-state index in [2.05, 4.69) is 52.1 Å². The second-order valence-electron chi connectivity index (χ2n) is 3.13. The Morgan fingerprint density at radius 3 is 2.54 bits per heavy atom. The van der Waals surface area contributed by atoms with E-state index in [4.69, 9.17) is 0 Å². The van der Waals surface area contributed by atoms with Gasteiger partial charge in [0.15, 0.2) is 0 Å². The van der Waals surface area contributed by atoms with Crippen molar-refractivity contribution in [3.63, 3.8) is 0 Å². The molecule has 0 aliphatic carbocycles. The van der Waals surface area contributed by atoms with Gasteiger partial charge in [-0.05, 0) is 26.8 Å². The molecule has 13 heavy (non-hydrogen) atoms. The van der Waals surface area contributed by atoms with Gasteiger partial charge in [0.05, 0.1) is 0 Å². The van der Waals surface area contributed by atoms with Crippen molar-refractivity contribution >= 4 is 25.0 Å². The number of hydrogen-bond donors (Lipinski definition) is 0. The normalized spacial score (nSPS) is 12.8. The van der Waals surface area contributed by atoms with Gasteiger partial charge < -0.3 is 0 Å². The Hall–Kier alpha value is 0.0500. The molecule has 1 aromatic rings. The van der Waals surface area contributed by atoms with Crippen LogP contribution in [0, 0.1) is 0 Å². The zero-order valence-electron chi connectivity index (χ0n) is 7.87. The zero-order chi connectivity index (χ0) is 9.52. The minimum absolute atomic E-state index is 0.612. The third-order valence-electron chi connectivity index (χ3n) is 2.10. The maximum atomic E-state index is 3.50. The fourth-order valence-electron chi connectivity index (χ4n) is 1.32. The molecule has 0 aromatic heterocycles. The van der Waals surface area contributed by atoms with Gasteiger partial charge >= 0.3 is 0 Å². The summed E-state index contributed by atoms with van der Waals surface area (Å²) in [4.78, 5) is 0. The number of halogens is 1. The number of hydrogen-bond acceptors (Lipinski definition) is 1. The van der Waals surface area contributed by atoms with Crippen molar-refractivity contribution in [2.45, 2.75) is 31.4 Å². The molecule has 0 saturated heterocycles. The average Bonchev–Trinajstić information content (AvgIpc) is 2.21. The first-order valence-electron chi connectivity index (χ1n) is 4.70. The van der Waals surface area contributed by atoms with E-state index in [9.17, 15) is 0 Å². The fourth-order valence-corrected chi connectivity index (χ4v) is 3.04. The van der Waals surface area contributed by atoms with Gasteiger partial charge in [0.2, 0.25) is 0 Å². The molecule has 0 nitrogen and oxygen atoms in total. The van der Waals surface area contributed by atoms with Crippen LogP contribution in [0.4, 0.5) is 0 Å². The van der Waals surface area contributed by atoms with Gasteiger partial charge in [-0.15, -0.1) is 0 Å². The highest BCUT2D eigenvalue weighted by molar-refractivity contribution is 9.50. The lowest BCUT2D eigenvalue weighted by Crippen LogP contribution is -1.91. The minimum atomic E-state index is 0.612. The molecule has 1 aromatic carbocycles. The van der Waals surface area contributed by atoms with Crippen LogP contribution in [0.5, 0.6) is 0 Å². The molecule has 0 heterocycles. The number of benzene rings is 1. The topological polar surface area (TPSA) is 0 Å². The minimum Gasteiger partial charge on any atom is -0.0753 e. The van der Waals surface area contributed by atoms with Gasteiger partial charge in [0, 0.05) is 5.25 Å². The van der Waals surface area contributed by atoms with Crippen molar-refractivity contribution in [2.24, 2.45) is 0 Å². The number of rotatable bonds is 5. The van der Waals surface area contributed by atoms with Gasteiger partial charge in [0.25, 0.3) is 0 Å². The van der Waals surface area contributed by atoms with E-state index in [1.54, 1.807) is 10.2 Å². The van der Waals surface area contributed by atoms with E-state index in [1.165, 1.54) is 24.8 Å². The molecule has 0 fully saturated rings. The van der Waals surface area contributed by atoms with Gasteiger partial charge in [-0.25, -0.2) is 0 Å². The van der Waals surface area contributed by atoms with Crippen LogP contribution in [-0.2, 0) is 0 Å². The first-order valence-corrected chi connectivity index (χ1v) is 7.43. The summed E-state index contributed by atoms with van der Waals surface area (Å²) in [5, 5.41) is 0.612. The van der Waals surface area contributed by atoms with Crippen LogP contribution in [0.2, 0.25) is 0 Å². The summed E-state index contributed by atoms with van der Waals surface area (Å²) in [5.74, 6) is 0. The zero-order valence-corrected chi connectivity index (χ0v) is 10.3. The standard InChI is InChI=1S/C11H15BrS/c1-2-3-9-11(13-12)10-7-5-4-6-8-10/h4-8,11H,2-3,9H2,1H3. The van der Waals surface area contributed by atoms with Crippen LogP contribution in [0.1, 0.15) is 37.0 Å². The van der Waals surface area contributed by atoms with Gasteiger partial charge in [0.1, 0.15) is 0 Å². The Labute approximate surface area is 92.3 Å². The maximum absolute atomic E-state index is 3.50. The SMILES string of the molecule is CCCCC(SBr)c1ccccc1. The average molecular weight is 259 g/mol. The monoisotopic (exact) mass is 258 g/mol. The summed E-state index contributed by atoms with van der Waals surface area (Å²) >= 11 is 3.50. The molecule has 0 amide bonds. The smallest absolute Gasteiger partial charge is 0.0406 e. The van der Waals surface area contributed by atoms with E-state index in [0.717, 1.165) is 0 Å². The molecule has 0 N–H and O–H groups in total. The van der Waals surface area contributed by atoms with Crippen molar-refractivity contribution in [1.29, 1.82) is 0 Å². The number of unbranched alkanes of at least 4 members (excludes halogenated alkanes) is 1.